The predicted octanol–water partition coefficient (Wildman–Crippen LogP) is 4.35. The standard InChI is InChI=1S/C14H12Br2N2O/c1-8-2-3-9(6-11(8)15)14(19)18-13-5-4-10(17)7-12(13)16/h2-7H,17H2,1H3,(H,18,19). The third kappa shape index (κ3) is 3.36. The molecule has 5 heteroatoms. The molecule has 0 spiro atoms. The maximum atomic E-state index is 12.1. The first-order chi connectivity index (χ1) is 8.97. The molecule has 2 aromatic rings. The van der Waals surface area contributed by atoms with Crippen LogP contribution in [0.1, 0.15) is 15.9 Å². The van der Waals surface area contributed by atoms with Gasteiger partial charge in [-0.3, -0.25) is 4.79 Å². The summed E-state index contributed by atoms with van der Waals surface area (Å²) in [7, 11) is 0. The zero-order valence-electron chi connectivity index (χ0n) is 10.2. The number of hydrogen-bond acceptors (Lipinski definition) is 2. The zero-order valence-corrected chi connectivity index (χ0v) is 13.4. The Kier molecular flexibility index (Phi) is 4.27. The molecule has 2 rings (SSSR count). The monoisotopic (exact) mass is 382 g/mol. The van der Waals surface area contributed by atoms with Gasteiger partial charge in [0, 0.05) is 20.2 Å². The smallest absolute Gasteiger partial charge is 0.255 e. The van der Waals surface area contributed by atoms with E-state index in [0.29, 0.717) is 16.9 Å². The van der Waals surface area contributed by atoms with Crippen LogP contribution < -0.4 is 11.1 Å². The first-order valence-electron chi connectivity index (χ1n) is 5.60. The lowest BCUT2D eigenvalue weighted by Crippen LogP contribution is -2.12. The van der Waals surface area contributed by atoms with Crippen molar-refractivity contribution < 1.29 is 4.79 Å². The van der Waals surface area contributed by atoms with Crippen molar-refractivity contribution in [1.29, 1.82) is 0 Å². The largest absolute Gasteiger partial charge is 0.399 e. The molecule has 0 saturated carbocycles. The quantitative estimate of drug-likeness (QED) is 0.757. The van der Waals surface area contributed by atoms with E-state index in [0.717, 1.165) is 14.5 Å². The summed E-state index contributed by atoms with van der Waals surface area (Å²) in [6.45, 7) is 1.97. The van der Waals surface area contributed by atoms with Gasteiger partial charge in [-0.25, -0.2) is 0 Å². The molecule has 0 aromatic heterocycles. The molecular weight excluding hydrogens is 372 g/mol. The van der Waals surface area contributed by atoms with Crippen LogP contribution in [0.4, 0.5) is 11.4 Å². The van der Waals surface area contributed by atoms with Crippen LogP contribution in [0.25, 0.3) is 0 Å². The van der Waals surface area contributed by atoms with Crippen LogP contribution in [0.2, 0.25) is 0 Å². The molecule has 0 heterocycles. The number of amides is 1. The SMILES string of the molecule is Cc1ccc(C(=O)Nc2ccc(N)cc2Br)cc1Br. The van der Waals surface area contributed by atoms with Gasteiger partial charge >= 0.3 is 0 Å². The maximum absolute atomic E-state index is 12.1. The minimum atomic E-state index is -0.161. The molecule has 0 aliphatic carbocycles. The average Bonchev–Trinajstić information content (AvgIpc) is 2.36. The fourth-order valence-corrected chi connectivity index (χ4v) is 2.44. The maximum Gasteiger partial charge on any atom is 0.255 e. The highest BCUT2D eigenvalue weighted by molar-refractivity contribution is 9.10. The Labute approximate surface area is 128 Å². The van der Waals surface area contributed by atoms with Gasteiger partial charge in [0.25, 0.3) is 5.91 Å². The van der Waals surface area contributed by atoms with Crippen molar-refractivity contribution in [3.05, 3.63) is 56.5 Å². The number of aryl methyl sites for hydroxylation is 1. The number of hydrogen-bond donors (Lipinski definition) is 2. The number of nitrogens with two attached hydrogens (primary N) is 1. The molecule has 0 atom stereocenters. The Hall–Kier alpha value is -1.33. The van der Waals surface area contributed by atoms with Gasteiger partial charge in [-0.05, 0) is 58.7 Å². The van der Waals surface area contributed by atoms with Crippen LogP contribution in [0, 0.1) is 6.92 Å². The summed E-state index contributed by atoms with van der Waals surface area (Å²) in [6.07, 6.45) is 0. The molecule has 98 valence electrons. The number of rotatable bonds is 2. The average molecular weight is 384 g/mol. The summed E-state index contributed by atoms with van der Waals surface area (Å²) in [5.74, 6) is -0.161. The molecule has 3 N–H and O–H groups in total. The van der Waals surface area contributed by atoms with Gasteiger partial charge in [-0.1, -0.05) is 22.0 Å². The lowest BCUT2D eigenvalue weighted by molar-refractivity contribution is 0.102. The fourth-order valence-electron chi connectivity index (χ4n) is 1.56. The van der Waals surface area contributed by atoms with Crippen molar-refractivity contribution in [3.8, 4) is 0 Å². The number of carbonyl (C=O) groups excluding carboxylic acids is 1. The van der Waals surface area contributed by atoms with Gasteiger partial charge in [-0.2, -0.15) is 0 Å². The lowest BCUT2D eigenvalue weighted by atomic mass is 10.1. The summed E-state index contributed by atoms with van der Waals surface area (Å²) in [4.78, 5) is 12.1. The Morgan fingerprint density at radius 1 is 1.11 bits per heavy atom. The topological polar surface area (TPSA) is 55.1 Å². The van der Waals surface area contributed by atoms with Gasteiger partial charge in [0.1, 0.15) is 0 Å². The van der Waals surface area contributed by atoms with E-state index in [9.17, 15) is 4.79 Å². The first-order valence-corrected chi connectivity index (χ1v) is 7.18. The van der Waals surface area contributed by atoms with Crippen LogP contribution in [-0.4, -0.2) is 5.91 Å². The Morgan fingerprint density at radius 2 is 1.84 bits per heavy atom. The first kappa shape index (κ1) is 14.1. The van der Waals surface area contributed by atoms with E-state index >= 15 is 0 Å². The van der Waals surface area contributed by atoms with E-state index in [2.05, 4.69) is 37.2 Å². The summed E-state index contributed by atoms with van der Waals surface area (Å²) in [5, 5.41) is 2.84. The number of anilines is 2. The Bertz CT molecular complexity index is 641. The van der Waals surface area contributed by atoms with Crippen LogP contribution in [0.3, 0.4) is 0 Å². The highest BCUT2D eigenvalue weighted by Gasteiger charge is 2.09. The van der Waals surface area contributed by atoms with Crippen LogP contribution in [-0.2, 0) is 0 Å². The minimum Gasteiger partial charge on any atom is -0.399 e. The summed E-state index contributed by atoms with van der Waals surface area (Å²) < 4.78 is 1.67. The van der Waals surface area contributed by atoms with Crippen molar-refractivity contribution in [2.24, 2.45) is 0 Å². The van der Waals surface area contributed by atoms with E-state index in [1.54, 1.807) is 30.3 Å². The number of benzene rings is 2. The van der Waals surface area contributed by atoms with Gasteiger partial charge in [0.15, 0.2) is 0 Å². The molecule has 0 unspecified atom stereocenters. The van der Waals surface area contributed by atoms with Gasteiger partial charge < -0.3 is 11.1 Å². The van der Waals surface area contributed by atoms with Crippen LogP contribution in [0.15, 0.2) is 45.3 Å². The highest BCUT2D eigenvalue weighted by atomic mass is 79.9. The second-order valence-electron chi connectivity index (χ2n) is 4.16. The number of nitrogens with one attached hydrogen (secondary N) is 1. The van der Waals surface area contributed by atoms with Crippen molar-refractivity contribution in [1.82, 2.24) is 0 Å². The minimum absolute atomic E-state index is 0.161. The van der Waals surface area contributed by atoms with Gasteiger partial charge in [0.2, 0.25) is 0 Å². The Morgan fingerprint density at radius 3 is 2.47 bits per heavy atom. The highest BCUT2D eigenvalue weighted by Crippen LogP contribution is 2.25. The van der Waals surface area contributed by atoms with Crippen molar-refractivity contribution in [2.75, 3.05) is 11.1 Å². The van der Waals surface area contributed by atoms with E-state index in [1.807, 2.05) is 13.0 Å². The molecule has 0 saturated heterocycles. The molecule has 19 heavy (non-hydrogen) atoms. The molecule has 1 amide bonds. The van der Waals surface area contributed by atoms with E-state index in [1.165, 1.54) is 0 Å². The lowest BCUT2D eigenvalue weighted by Gasteiger charge is -2.09. The summed E-state index contributed by atoms with van der Waals surface area (Å²) in [6, 6.07) is 10.8. The molecule has 0 bridgehead atoms. The van der Waals surface area contributed by atoms with E-state index in [-0.39, 0.29) is 5.91 Å². The molecule has 2 aromatic carbocycles. The van der Waals surface area contributed by atoms with Gasteiger partial charge in [-0.15, -0.1) is 0 Å². The third-order valence-corrected chi connectivity index (χ3v) is 4.19. The summed E-state index contributed by atoms with van der Waals surface area (Å²) in [5.41, 5.74) is 8.68. The molecule has 0 aliphatic rings. The molecule has 0 fully saturated rings. The summed E-state index contributed by atoms with van der Waals surface area (Å²) >= 11 is 6.79. The Balaban J connectivity index is 2.23. The van der Waals surface area contributed by atoms with Gasteiger partial charge in [0.05, 0.1) is 5.69 Å². The van der Waals surface area contributed by atoms with E-state index < -0.39 is 0 Å². The number of halogens is 2. The molecule has 0 aliphatic heterocycles. The normalized spacial score (nSPS) is 10.3. The third-order valence-electron chi connectivity index (χ3n) is 2.68. The fraction of sp³-hybridized carbons (Fsp3) is 0.0714. The number of nitrogen functional groups attached to an aromatic ring is 1. The van der Waals surface area contributed by atoms with Crippen LogP contribution >= 0.6 is 31.9 Å². The molecule has 3 nitrogen and oxygen atoms in total. The molecule has 0 radical (unpaired) electrons. The number of carbonyl (C=O) groups is 1. The second-order valence-corrected chi connectivity index (χ2v) is 5.87. The van der Waals surface area contributed by atoms with Crippen LogP contribution in [0.5, 0.6) is 0 Å². The molecular formula is C14H12Br2N2O. The van der Waals surface area contributed by atoms with Crippen molar-refractivity contribution >= 4 is 49.1 Å². The van der Waals surface area contributed by atoms with Crippen molar-refractivity contribution in [3.63, 3.8) is 0 Å². The van der Waals surface area contributed by atoms with Crippen molar-refractivity contribution in [2.45, 2.75) is 6.92 Å². The van der Waals surface area contributed by atoms with E-state index in [4.69, 9.17) is 5.73 Å². The second kappa shape index (κ2) is 5.75. The predicted molar refractivity (Wildman–Crippen MR) is 85.4 cm³/mol. The zero-order chi connectivity index (χ0) is 14.0.